The molecule has 2 heterocycles. The highest BCUT2D eigenvalue weighted by Gasteiger charge is 2.48. The van der Waals surface area contributed by atoms with Crippen molar-refractivity contribution in [1.29, 1.82) is 0 Å². The number of methoxy groups -OCH3 is 1. The second kappa shape index (κ2) is 9.10. The number of amides is 1. The molecular formula is C29H31NO5. The highest BCUT2D eigenvalue weighted by Crippen LogP contribution is 2.44. The van der Waals surface area contributed by atoms with Gasteiger partial charge in [-0.2, -0.15) is 0 Å². The van der Waals surface area contributed by atoms with Gasteiger partial charge in [-0.25, -0.2) is 0 Å². The standard InChI is InChI=1S/C29H31NO5/c1-15(2)21-14-22(18(5)13-24(21)34-7)27(31)25-26(23-11-9-19(6)35-23)30(29(33)28(25)32)20-10-8-16(3)17(4)12-20/h8-15,26,31H,1-7H3/b27-25+. The van der Waals surface area contributed by atoms with Gasteiger partial charge in [0.2, 0.25) is 0 Å². The topological polar surface area (TPSA) is 80.0 Å². The first-order valence-electron chi connectivity index (χ1n) is 11.7. The van der Waals surface area contributed by atoms with E-state index in [2.05, 4.69) is 0 Å². The van der Waals surface area contributed by atoms with E-state index in [0.717, 1.165) is 22.3 Å². The van der Waals surface area contributed by atoms with Crippen molar-refractivity contribution in [2.24, 2.45) is 0 Å². The normalized spacial score (nSPS) is 17.5. The van der Waals surface area contributed by atoms with Crippen LogP contribution in [0, 0.1) is 27.7 Å². The van der Waals surface area contributed by atoms with Crippen LogP contribution in [0.3, 0.4) is 0 Å². The number of benzene rings is 2. The molecule has 1 unspecified atom stereocenters. The van der Waals surface area contributed by atoms with Gasteiger partial charge in [-0.15, -0.1) is 0 Å². The smallest absolute Gasteiger partial charge is 0.300 e. The molecule has 0 radical (unpaired) electrons. The number of aliphatic hydroxyl groups excluding tert-OH is 1. The van der Waals surface area contributed by atoms with E-state index in [4.69, 9.17) is 9.15 Å². The number of hydrogen-bond acceptors (Lipinski definition) is 5. The molecule has 1 saturated heterocycles. The molecule has 1 N–H and O–H groups in total. The van der Waals surface area contributed by atoms with Gasteiger partial charge in [0.1, 0.15) is 29.1 Å². The van der Waals surface area contributed by atoms with E-state index in [0.29, 0.717) is 28.5 Å². The van der Waals surface area contributed by atoms with Crippen LogP contribution >= 0.6 is 0 Å². The predicted molar refractivity (Wildman–Crippen MR) is 136 cm³/mol. The van der Waals surface area contributed by atoms with Crippen LogP contribution in [0.1, 0.15) is 65.1 Å². The molecule has 1 aliphatic heterocycles. The molecule has 182 valence electrons. The summed E-state index contributed by atoms with van der Waals surface area (Å²) in [4.78, 5) is 28.2. The lowest BCUT2D eigenvalue weighted by molar-refractivity contribution is -0.132. The Morgan fingerprint density at radius 2 is 1.69 bits per heavy atom. The number of Topliss-reactive ketones (excluding diaryl/α,β-unsaturated/α-hetero) is 1. The van der Waals surface area contributed by atoms with E-state index in [-0.39, 0.29) is 17.3 Å². The van der Waals surface area contributed by atoms with Gasteiger partial charge in [0, 0.05) is 11.3 Å². The zero-order chi connectivity index (χ0) is 25.6. The molecule has 4 rings (SSSR count). The van der Waals surface area contributed by atoms with Crippen LogP contribution in [0.5, 0.6) is 5.75 Å². The maximum Gasteiger partial charge on any atom is 0.300 e. The fraction of sp³-hybridized carbons (Fsp3) is 0.310. The van der Waals surface area contributed by atoms with E-state index in [9.17, 15) is 14.7 Å². The highest BCUT2D eigenvalue weighted by atomic mass is 16.5. The Morgan fingerprint density at radius 3 is 2.26 bits per heavy atom. The first-order valence-corrected chi connectivity index (χ1v) is 11.7. The Kier molecular flexibility index (Phi) is 6.32. The maximum atomic E-state index is 13.4. The Hall–Kier alpha value is -3.80. The number of carbonyl (C=O) groups is 2. The van der Waals surface area contributed by atoms with Crippen molar-refractivity contribution >= 4 is 23.1 Å². The molecule has 2 aromatic carbocycles. The van der Waals surface area contributed by atoms with Crippen molar-refractivity contribution in [3.63, 3.8) is 0 Å². The van der Waals surface area contributed by atoms with Crippen LogP contribution in [0.25, 0.3) is 5.76 Å². The van der Waals surface area contributed by atoms with Gasteiger partial charge < -0.3 is 14.3 Å². The van der Waals surface area contributed by atoms with Crippen LogP contribution in [0.4, 0.5) is 5.69 Å². The molecule has 1 fully saturated rings. The summed E-state index contributed by atoms with van der Waals surface area (Å²) in [5.41, 5.74) is 4.76. The van der Waals surface area contributed by atoms with Gasteiger partial charge in [-0.3, -0.25) is 14.5 Å². The number of hydrogen-bond donors (Lipinski definition) is 1. The van der Waals surface area contributed by atoms with Crippen molar-refractivity contribution in [3.8, 4) is 5.75 Å². The molecule has 0 aliphatic carbocycles. The van der Waals surface area contributed by atoms with Crippen molar-refractivity contribution in [1.82, 2.24) is 0 Å². The predicted octanol–water partition coefficient (Wildman–Crippen LogP) is 6.27. The number of anilines is 1. The zero-order valence-corrected chi connectivity index (χ0v) is 21.2. The number of rotatable bonds is 5. The molecule has 0 bridgehead atoms. The summed E-state index contributed by atoms with van der Waals surface area (Å²) < 4.78 is 11.4. The molecule has 0 spiro atoms. The van der Waals surface area contributed by atoms with Crippen molar-refractivity contribution < 1.29 is 23.8 Å². The zero-order valence-electron chi connectivity index (χ0n) is 21.2. The van der Waals surface area contributed by atoms with Gasteiger partial charge >= 0.3 is 0 Å². The number of ketones is 1. The van der Waals surface area contributed by atoms with Gasteiger partial charge in [-0.05, 0) is 92.3 Å². The van der Waals surface area contributed by atoms with E-state index >= 15 is 0 Å². The SMILES string of the molecule is COc1cc(C)c(/C(O)=C2\C(=O)C(=O)N(c3ccc(C)c(C)c3)C2c2ccc(C)o2)cc1C(C)C. The van der Waals surface area contributed by atoms with Crippen LogP contribution < -0.4 is 9.64 Å². The Balaban J connectivity index is 1.98. The van der Waals surface area contributed by atoms with E-state index in [1.54, 1.807) is 26.2 Å². The number of carbonyl (C=O) groups excluding carboxylic acids is 2. The molecule has 1 aromatic heterocycles. The number of ether oxygens (including phenoxy) is 1. The first kappa shape index (κ1) is 24.3. The maximum absolute atomic E-state index is 13.4. The lowest BCUT2D eigenvalue weighted by Gasteiger charge is -2.24. The third-order valence-corrected chi connectivity index (χ3v) is 6.70. The number of aliphatic hydroxyl groups is 1. The lowest BCUT2D eigenvalue weighted by atomic mass is 9.92. The molecule has 1 atom stereocenters. The molecule has 1 aliphatic rings. The summed E-state index contributed by atoms with van der Waals surface area (Å²) in [5.74, 6) is 0.215. The third-order valence-electron chi connectivity index (χ3n) is 6.70. The van der Waals surface area contributed by atoms with Crippen LogP contribution in [0.15, 0.2) is 52.5 Å². The molecule has 3 aromatic rings. The summed E-state index contributed by atoms with van der Waals surface area (Å²) in [7, 11) is 1.61. The quantitative estimate of drug-likeness (QED) is 0.268. The molecular weight excluding hydrogens is 442 g/mol. The fourth-order valence-corrected chi connectivity index (χ4v) is 4.57. The number of aryl methyl sites for hydroxylation is 4. The van der Waals surface area contributed by atoms with Gasteiger partial charge in [0.15, 0.2) is 0 Å². The summed E-state index contributed by atoms with van der Waals surface area (Å²) in [5, 5.41) is 11.6. The molecule has 6 heteroatoms. The summed E-state index contributed by atoms with van der Waals surface area (Å²) >= 11 is 0. The average Bonchev–Trinajstić information content (AvgIpc) is 3.35. The van der Waals surface area contributed by atoms with Crippen molar-refractivity contribution in [3.05, 3.63) is 87.4 Å². The summed E-state index contributed by atoms with van der Waals surface area (Å²) in [6.45, 7) is 11.6. The fourth-order valence-electron chi connectivity index (χ4n) is 4.57. The Morgan fingerprint density at radius 1 is 0.971 bits per heavy atom. The molecule has 6 nitrogen and oxygen atoms in total. The highest BCUT2D eigenvalue weighted by molar-refractivity contribution is 6.51. The van der Waals surface area contributed by atoms with Crippen LogP contribution in [-0.4, -0.2) is 23.9 Å². The minimum Gasteiger partial charge on any atom is -0.507 e. The Labute approximate surface area is 205 Å². The Bertz CT molecular complexity index is 1360. The van der Waals surface area contributed by atoms with Gasteiger partial charge in [0.25, 0.3) is 11.7 Å². The van der Waals surface area contributed by atoms with Crippen molar-refractivity contribution in [2.45, 2.75) is 53.5 Å². The van der Waals surface area contributed by atoms with Crippen LogP contribution in [0.2, 0.25) is 0 Å². The van der Waals surface area contributed by atoms with Gasteiger partial charge in [0.05, 0.1) is 12.7 Å². The molecule has 35 heavy (non-hydrogen) atoms. The minimum absolute atomic E-state index is 0.00514. The minimum atomic E-state index is -0.894. The second-order valence-electron chi connectivity index (χ2n) is 9.45. The van der Waals surface area contributed by atoms with E-state index in [1.807, 2.05) is 65.0 Å². The monoisotopic (exact) mass is 473 g/mol. The third kappa shape index (κ3) is 4.14. The second-order valence-corrected chi connectivity index (χ2v) is 9.45. The van der Waals surface area contributed by atoms with E-state index in [1.165, 1.54) is 4.90 Å². The first-order chi connectivity index (χ1) is 16.5. The lowest BCUT2D eigenvalue weighted by Crippen LogP contribution is -2.29. The summed E-state index contributed by atoms with van der Waals surface area (Å²) in [6.07, 6.45) is 0. The summed E-state index contributed by atoms with van der Waals surface area (Å²) in [6, 6.07) is 11.9. The number of furan rings is 1. The number of nitrogens with zero attached hydrogens (tertiary/aromatic N) is 1. The van der Waals surface area contributed by atoms with Crippen molar-refractivity contribution in [2.75, 3.05) is 12.0 Å². The van der Waals surface area contributed by atoms with Gasteiger partial charge in [-0.1, -0.05) is 19.9 Å². The average molecular weight is 474 g/mol. The molecule has 1 amide bonds. The largest absolute Gasteiger partial charge is 0.507 e. The van der Waals surface area contributed by atoms with E-state index < -0.39 is 17.7 Å². The van der Waals surface area contributed by atoms with Crippen LogP contribution in [-0.2, 0) is 9.59 Å². The molecule has 0 saturated carbocycles.